The van der Waals surface area contributed by atoms with Gasteiger partial charge in [-0.2, -0.15) is 0 Å². The van der Waals surface area contributed by atoms with Crippen molar-refractivity contribution in [3.8, 4) is 0 Å². The number of nitrogens with zero attached hydrogens (tertiary/aromatic N) is 1. The number of hydrogen-bond acceptors (Lipinski definition) is 3. The molecule has 1 fully saturated rings. The summed E-state index contributed by atoms with van der Waals surface area (Å²) >= 11 is 5.87. The molecular formula is C18H24ClNO4S. The summed E-state index contributed by atoms with van der Waals surface area (Å²) in [6.07, 6.45) is 3.37. The number of halogens is 1. The standard InChI is InChI=1S/C18H24ClNO4S/c1-13(2)17(18(21)22)12-25(23,24)20-9-7-15(8-10-20)11-14-3-5-16(19)6-4-14/h3-6,11,13,17H,7-10,12H2,1-2H3,(H,21,22). The van der Waals surface area contributed by atoms with Gasteiger partial charge in [0.25, 0.3) is 0 Å². The van der Waals surface area contributed by atoms with Gasteiger partial charge in [0, 0.05) is 18.1 Å². The van der Waals surface area contributed by atoms with Crippen molar-refractivity contribution < 1.29 is 18.3 Å². The number of hydrogen-bond donors (Lipinski definition) is 1. The van der Waals surface area contributed by atoms with Crippen LogP contribution in [0.1, 0.15) is 32.3 Å². The van der Waals surface area contributed by atoms with Crippen LogP contribution in [0, 0.1) is 11.8 Å². The molecule has 1 heterocycles. The van der Waals surface area contributed by atoms with Gasteiger partial charge in [0.2, 0.25) is 10.0 Å². The molecule has 1 aliphatic heterocycles. The van der Waals surface area contributed by atoms with E-state index >= 15 is 0 Å². The van der Waals surface area contributed by atoms with Crippen molar-refractivity contribution in [1.82, 2.24) is 4.31 Å². The number of benzene rings is 1. The van der Waals surface area contributed by atoms with Gasteiger partial charge in [0.1, 0.15) is 0 Å². The van der Waals surface area contributed by atoms with E-state index < -0.39 is 21.9 Å². The van der Waals surface area contributed by atoms with Crippen molar-refractivity contribution in [3.05, 3.63) is 40.4 Å². The SMILES string of the molecule is CC(C)C(CS(=O)(=O)N1CCC(=Cc2ccc(Cl)cc2)CC1)C(=O)O. The van der Waals surface area contributed by atoms with Gasteiger partial charge in [-0.25, -0.2) is 12.7 Å². The average Bonchev–Trinajstić information content (AvgIpc) is 2.55. The van der Waals surface area contributed by atoms with Crippen molar-refractivity contribution in [2.45, 2.75) is 26.7 Å². The van der Waals surface area contributed by atoms with Gasteiger partial charge in [0.05, 0.1) is 11.7 Å². The quantitative estimate of drug-likeness (QED) is 0.813. The van der Waals surface area contributed by atoms with Crippen LogP contribution in [-0.4, -0.2) is 42.6 Å². The summed E-state index contributed by atoms with van der Waals surface area (Å²) in [6, 6.07) is 7.51. The third-order valence-corrected chi connectivity index (χ3v) is 6.70. The zero-order valence-corrected chi connectivity index (χ0v) is 16.1. The van der Waals surface area contributed by atoms with Crippen molar-refractivity contribution in [3.63, 3.8) is 0 Å². The molecule has 2 rings (SSSR count). The Labute approximate surface area is 154 Å². The van der Waals surface area contributed by atoms with Crippen LogP contribution in [0.15, 0.2) is 29.8 Å². The molecule has 0 spiro atoms. The maximum Gasteiger partial charge on any atom is 0.307 e. The van der Waals surface area contributed by atoms with Gasteiger partial charge in [-0.15, -0.1) is 0 Å². The maximum atomic E-state index is 12.5. The fourth-order valence-corrected chi connectivity index (χ4v) is 4.93. The summed E-state index contributed by atoms with van der Waals surface area (Å²) < 4.78 is 26.5. The number of carbonyl (C=O) groups is 1. The van der Waals surface area contributed by atoms with Crippen molar-refractivity contribution in [2.75, 3.05) is 18.8 Å². The molecule has 0 bridgehead atoms. The second kappa shape index (κ2) is 8.34. The highest BCUT2D eigenvalue weighted by Gasteiger charge is 2.33. The molecule has 1 aromatic rings. The Balaban J connectivity index is 2.00. The van der Waals surface area contributed by atoms with E-state index in [4.69, 9.17) is 11.6 Å². The molecule has 1 saturated heterocycles. The molecular weight excluding hydrogens is 362 g/mol. The summed E-state index contributed by atoms with van der Waals surface area (Å²) in [6.45, 7) is 4.26. The minimum Gasteiger partial charge on any atom is -0.481 e. The summed E-state index contributed by atoms with van der Waals surface area (Å²) in [5.74, 6) is -2.50. The highest BCUT2D eigenvalue weighted by Crippen LogP contribution is 2.24. The van der Waals surface area contributed by atoms with Gasteiger partial charge in [-0.3, -0.25) is 4.79 Å². The highest BCUT2D eigenvalue weighted by atomic mass is 35.5. The molecule has 1 atom stereocenters. The van der Waals surface area contributed by atoms with Gasteiger partial charge < -0.3 is 5.11 Å². The van der Waals surface area contributed by atoms with Crippen LogP contribution in [0.3, 0.4) is 0 Å². The van der Waals surface area contributed by atoms with Gasteiger partial charge in [-0.1, -0.05) is 49.2 Å². The average molecular weight is 386 g/mol. The highest BCUT2D eigenvalue weighted by molar-refractivity contribution is 7.89. The Kier molecular flexibility index (Phi) is 6.65. The minimum absolute atomic E-state index is 0.225. The first-order chi connectivity index (χ1) is 11.7. The Morgan fingerprint density at radius 1 is 1.24 bits per heavy atom. The third kappa shape index (κ3) is 5.56. The van der Waals surface area contributed by atoms with E-state index in [2.05, 4.69) is 6.08 Å². The molecule has 0 radical (unpaired) electrons. The molecule has 1 aromatic carbocycles. The Bertz CT molecular complexity index is 731. The molecule has 1 aliphatic rings. The topological polar surface area (TPSA) is 74.7 Å². The lowest BCUT2D eigenvalue weighted by Crippen LogP contribution is -2.41. The zero-order chi connectivity index (χ0) is 18.6. The molecule has 7 heteroatoms. The van der Waals surface area contributed by atoms with Crippen molar-refractivity contribution >= 4 is 33.7 Å². The number of aliphatic carboxylic acids is 1. The second-order valence-electron chi connectivity index (χ2n) is 6.72. The van der Waals surface area contributed by atoms with Crippen LogP contribution < -0.4 is 0 Å². The maximum absolute atomic E-state index is 12.5. The number of rotatable bonds is 6. The fraction of sp³-hybridized carbons (Fsp3) is 0.500. The molecule has 0 amide bonds. The van der Waals surface area contributed by atoms with Crippen LogP contribution in [-0.2, 0) is 14.8 Å². The Morgan fingerprint density at radius 3 is 2.28 bits per heavy atom. The van der Waals surface area contributed by atoms with E-state index in [1.165, 1.54) is 9.88 Å². The van der Waals surface area contributed by atoms with Gasteiger partial charge >= 0.3 is 5.97 Å². The third-order valence-electron chi connectivity index (χ3n) is 4.51. The molecule has 5 nitrogen and oxygen atoms in total. The predicted octanol–water partition coefficient (Wildman–Crippen LogP) is 3.51. The molecule has 25 heavy (non-hydrogen) atoms. The van der Waals surface area contributed by atoms with E-state index in [-0.39, 0.29) is 11.7 Å². The molecule has 1 N–H and O–H groups in total. The van der Waals surface area contributed by atoms with Crippen LogP contribution in [0.2, 0.25) is 5.02 Å². The van der Waals surface area contributed by atoms with Crippen molar-refractivity contribution in [1.29, 1.82) is 0 Å². The molecule has 0 saturated carbocycles. The first-order valence-electron chi connectivity index (χ1n) is 8.34. The molecule has 1 unspecified atom stereocenters. The van der Waals surface area contributed by atoms with Gasteiger partial charge in [0.15, 0.2) is 0 Å². The Hall–Kier alpha value is -1.37. The number of carboxylic acid groups (broad SMARTS) is 1. The van der Waals surface area contributed by atoms with E-state index in [9.17, 15) is 18.3 Å². The van der Waals surface area contributed by atoms with Crippen LogP contribution in [0.5, 0.6) is 0 Å². The normalized spacial score (nSPS) is 17.5. The van der Waals surface area contributed by atoms with E-state index in [1.54, 1.807) is 13.8 Å². The molecule has 0 aliphatic carbocycles. The monoisotopic (exact) mass is 385 g/mol. The van der Waals surface area contributed by atoms with Crippen LogP contribution >= 0.6 is 11.6 Å². The predicted molar refractivity (Wildman–Crippen MR) is 100.0 cm³/mol. The minimum atomic E-state index is -3.57. The largest absolute Gasteiger partial charge is 0.481 e. The number of piperidine rings is 1. The van der Waals surface area contributed by atoms with Crippen molar-refractivity contribution in [2.24, 2.45) is 11.8 Å². The van der Waals surface area contributed by atoms with E-state index in [0.717, 1.165) is 5.56 Å². The van der Waals surface area contributed by atoms with Gasteiger partial charge in [-0.05, 0) is 36.5 Å². The van der Waals surface area contributed by atoms with Crippen LogP contribution in [0.25, 0.3) is 6.08 Å². The second-order valence-corrected chi connectivity index (χ2v) is 9.17. The fourth-order valence-electron chi connectivity index (χ4n) is 2.87. The number of carboxylic acids is 1. The summed E-state index contributed by atoms with van der Waals surface area (Å²) in [4.78, 5) is 11.3. The lowest BCUT2D eigenvalue weighted by Gasteiger charge is -2.29. The first kappa shape index (κ1) is 19.9. The first-order valence-corrected chi connectivity index (χ1v) is 10.3. The lowest BCUT2D eigenvalue weighted by atomic mass is 9.98. The summed E-state index contributed by atoms with van der Waals surface area (Å²) in [5.41, 5.74) is 2.23. The van der Waals surface area contributed by atoms with E-state index in [1.807, 2.05) is 24.3 Å². The molecule has 138 valence electrons. The molecule has 0 aromatic heterocycles. The van der Waals surface area contributed by atoms with Crippen LogP contribution in [0.4, 0.5) is 0 Å². The lowest BCUT2D eigenvalue weighted by molar-refractivity contribution is -0.142. The smallest absolute Gasteiger partial charge is 0.307 e. The summed E-state index contributed by atoms with van der Waals surface area (Å²) in [5, 5.41) is 9.91. The number of sulfonamides is 1. The Morgan fingerprint density at radius 2 is 1.80 bits per heavy atom. The van der Waals surface area contributed by atoms with E-state index in [0.29, 0.717) is 31.0 Å². The zero-order valence-electron chi connectivity index (χ0n) is 14.5. The summed E-state index contributed by atoms with van der Waals surface area (Å²) in [7, 11) is -3.57.